The third kappa shape index (κ3) is 33.0. The van der Waals surface area contributed by atoms with E-state index in [0.717, 1.165) is 50.3 Å². The zero-order valence-electron chi connectivity index (χ0n) is 31.6. The molecule has 0 aliphatic heterocycles. The summed E-state index contributed by atoms with van der Waals surface area (Å²) >= 11 is 1.95. The summed E-state index contributed by atoms with van der Waals surface area (Å²) in [6.07, 6.45) is 37.6. The smallest absolute Gasteiger partial charge is 0.305 e. The molecule has 0 aromatic rings. The van der Waals surface area contributed by atoms with Crippen LogP contribution in [0.2, 0.25) is 0 Å². The highest BCUT2D eigenvalue weighted by molar-refractivity contribution is 7.99. The average molecular weight is 664 g/mol. The summed E-state index contributed by atoms with van der Waals surface area (Å²) in [6.45, 7) is 17.8. The summed E-state index contributed by atoms with van der Waals surface area (Å²) in [7, 11) is 0. The van der Waals surface area contributed by atoms with Gasteiger partial charge in [-0.15, -0.1) is 0 Å². The Morgan fingerprint density at radius 1 is 0.522 bits per heavy atom. The first-order chi connectivity index (χ1) is 22.5. The maximum Gasteiger partial charge on any atom is 0.305 e. The maximum atomic E-state index is 12.4. The van der Waals surface area contributed by atoms with Crippen molar-refractivity contribution < 1.29 is 9.53 Å². The van der Waals surface area contributed by atoms with Crippen molar-refractivity contribution in [3.8, 4) is 0 Å². The minimum Gasteiger partial charge on any atom is -0.464 e. The quantitative estimate of drug-likeness (QED) is 0.0373. The van der Waals surface area contributed by atoms with Crippen molar-refractivity contribution in [2.24, 2.45) is 0 Å². The lowest BCUT2D eigenvalue weighted by molar-refractivity contribution is -0.144. The molecule has 0 saturated carbocycles. The van der Waals surface area contributed by atoms with E-state index in [1.54, 1.807) is 0 Å². The molecular weight excluding hydrogens is 583 g/mol. The van der Waals surface area contributed by atoms with E-state index in [9.17, 15) is 4.79 Å². The van der Waals surface area contributed by atoms with E-state index in [-0.39, 0.29) is 5.97 Å². The summed E-state index contributed by atoms with van der Waals surface area (Å²) in [5, 5.41) is 0. The van der Waals surface area contributed by atoms with Crippen LogP contribution in [0.25, 0.3) is 0 Å². The fourth-order valence-electron chi connectivity index (χ4n) is 6.17. The number of hydrogen-bond acceptors (Lipinski definition) is 4. The Bertz CT molecular complexity index is 633. The van der Waals surface area contributed by atoms with Gasteiger partial charge in [-0.2, -0.15) is 11.8 Å². The van der Waals surface area contributed by atoms with Crippen LogP contribution in [0, 0.1) is 0 Å². The highest BCUT2D eigenvalue weighted by Crippen LogP contribution is 2.18. The Morgan fingerprint density at radius 2 is 0.935 bits per heavy atom. The van der Waals surface area contributed by atoms with E-state index in [4.69, 9.17) is 4.74 Å². The third-order valence-electron chi connectivity index (χ3n) is 9.27. The van der Waals surface area contributed by atoms with Gasteiger partial charge in [0, 0.05) is 24.4 Å². The number of carbonyl (C=O) groups excluding carboxylic acids is 1. The van der Waals surface area contributed by atoms with Crippen LogP contribution in [0.1, 0.15) is 207 Å². The SMILES string of the molecule is C=C(CCCCCCCCCCCCCC)CCCN(CCOC(=O)CCCCCCCCCCCCCC)C(=C)CSCCC. The predicted molar refractivity (Wildman–Crippen MR) is 209 cm³/mol. The van der Waals surface area contributed by atoms with Gasteiger partial charge in [0.25, 0.3) is 0 Å². The van der Waals surface area contributed by atoms with Crippen molar-refractivity contribution in [2.75, 3.05) is 31.2 Å². The number of thioether (sulfide) groups is 1. The third-order valence-corrected chi connectivity index (χ3v) is 10.5. The number of unbranched alkanes of at least 4 members (excludes halogenated alkanes) is 22. The van der Waals surface area contributed by atoms with Crippen molar-refractivity contribution in [1.29, 1.82) is 0 Å². The summed E-state index contributed by atoms with van der Waals surface area (Å²) in [4.78, 5) is 14.7. The molecule has 0 aliphatic rings. The number of hydrogen-bond donors (Lipinski definition) is 0. The summed E-state index contributed by atoms with van der Waals surface area (Å²) < 4.78 is 5.66. The molecule has 0 unspecified atom stereocenters. The number of rotatable bonds is 38. The fourth-order valence-corrected chi connectivity index (χ4v) is 7.02. The molecule has 0 amide bonds. The van der Waals surface area contributed by atoms with Crippen LogP contribution in [0.15, 0.2) is 24.4 Å². The Hall–Kier alpha value is -0.900. The van der Waals surface area contributed by atoms with Gasteiger partial charge in [-0.25, -0.2) is 0 Å². The minimum absolute atomic E-state index is 0.0335. The highest BCUT2D eigenvalue weighted by Gasteiger charge is 2.10. The van der Waals surface area contributed by atoms with Crippen LogP contribution in [-0.2, 0) is 9.53 Å². The molecule has 0 atom stereocenters. The topological polar surface area (TPSA) is 29.5 Å². The van der Waals surface area contributed by atoms with Crippen LogP contribution in [0.5, 0.6) is 0 Å². The van der Waals surface area contributed by atoms with E-state index >= 15 is 0 Å². The van der Waals surface area contributed by atoms with Crippen molar-refractivity contribution in [2.45, 2.75) is 207 Å². The van der Waals surface area contributed by atoms with Gasteiger partial charge in [0.1, 0.15) is 6.61 Å². The first kappa shape index (κ1) is 45.1. The summed E-state index contributed by atoms with van der Waals surface area (Å²) in [5.74, 6) is 2.09. The van der Waals surface area contributed by atoms with E-state index in [0.29, 0.717) is 13.0 Å². The van der Waals surface area contributed by atoms with Crippen LogP contribution >= 0.6 is 11.8 Å². The average Bonchev–Trinajstić information content (AvgIpc) is 3.05. The number of esters is 1. The second-order valence-corrected chi connectivity index (χ2v) is 15.1. The molecule has 0 rings (SSSR count). The van der Waals surface area contributed by atoms with Gasteiger partial charge in [-0.1, -0.05) is 181 Å². The number of carbonyl (C=O) groups is 1. The maximum absolute atomic E-state index is 12.4. The van der Waals surface area contributed by atoms with Crippen molar-refractivity contribution >= 4 is 17.7 Å². The Labute approximate surface area is 293 Å². The van der Waals surface area contributed by atoms with Crippen molar-refractivity contribution in [3.63, 3.8) is 0 Å². The van der Waals surface area contributed by atoms with Crippen molar-refractivity contribution in [3.05, 3.63) is 24.4 Å². The molecule has 4 heteroatoms. The summed E-state index contributed by atoms with van der Waals surface area (Å²) in [6, 6.07) is 0. The molecule has 0 heterocycles. The second kappa shape index (κ2) is 36.9. The van der Waals surface area contributed by atoms with Crippen LogP contribution in [-0.4, -0.2) is 42.1 Å². The van der Waals surface area contributed by atoms with Gasteiger partial charge >= 0.3 is 5.97 Å². The lowest BCUT2D eigenvalue weighted by atomic mass is 10.0. The molecule has 0 N–H and O–H groups in total. The van der Waals surface area contributed by atoms with Gasteiger partial charge in [-0.05, 0) is 44.3 Å². The van der Waals surface area contributed by atoms with Gasteiger partial charge in [0.05, 0.1) is 6.54 Å². The minimum atomic E-state index is -0.0335. The fraction of sp³-hybridized carbons (Fsp3) is 0.881. The Balaban J connectivity index is 3.99. The van der Waals surface area contributed by atoms with Crippen LogP contribution in [0.3, 0.4) is 0 Å². The molecule has 0 radical (unpaired) electrons. The lowest BCUT2D eigenvalue weighted by Crippen LogP contribution is -2.29. The van der Waals surface area contributed by atoms with Gasteiger partial charge < -0.3 is 9.64 Å². The lowest BCUT2D eigenvalue weighted by Gasteiger charge is -2.27. The molecule has 0 aromatic heterocycles. The van der Waals surface area contributed by atoms with E-state index in [1.807, 2.05) is 11.8 Å². The van der Waals surface area contributed by atoms with Gasteiger partial charge in [0.2, 0.25) is 0 Å². The van der Waals surface area contributed by atoms with Crippen molar-refractivity contribution in [1.82, 2.24) is 4.90 Å². The first-order valence-electron chi connectivity index (χ1n) is 20.4. The van der Waals surface area contributed by atoms with Crippen LogP contribution in [0.4, 0.5) is 0 Å². The van der Waals surface area contributed by atoms with E-state index in [2.05, 4.69) is 38.8 Å². The van der Waals surface area contributed by atoms with E-state index < -0.39 is 0 Å². The normalized spacial score (nSPS) is 11.2. The Morgan fingerprint density at radius 3 is 1.39 bits per heavy atom. The molecule has 0 fully saturated rings. The molecule has 3 nitrogen and oxygen atoms in total. The predicted octanol–water partition coefficient (Wildman–Crippen LogP) is 14.0. The molecule has 0 saturated heterocycles. The van der Waals surface area contributed by atoms with Crippen LogP contribution < -0.4 is 0 Å². The van der Waals surface area contributed by atoms with Gasteiger partial charge in [0.15, 0.2) is 0 Å². The largest absolute Gasteiger partial charge is 0.464 e. The molecule has 0 bridgehead atoms. The number of nitrogens with zero attached hydrogens (tertiary/aromatic N) is 1. The second-order valence-electron chi connectivity index (χ2n) is 14.0. The standard InChI is InChI=1S/C42H81NO2S/c1-6-9-11-13-15-17-19-21-23-25-27-29-32-40(4)33-31-35-43(41(5)39-46-38-8-3)36-37-45-42(44)34-30-28-26-24-22-20-18-16-14-12-10-7-2/h4-39H2,1-3H3. The highest BCUT2D eigenvalue weighted by atomic mass is 32.2. The molecule has 46 heavy (non-hydrogen) atoms. The summed E-state index contributed by atoms with van der Waals surface area (Å²) in [5.41, 5.74) is 2.56. The molecular formula is C42H81NO2S. The zero-order valence-corrected chi connectivity index (χ0v) is 32.4. The van der Waals surface area contributed by atoms with Gasteiger partial charge in [-0.3, -0.25) is 4.79 Å². The number of allylic oxidation sites excluding steroid dienone is 1. The van der Waals surface area contributed by atoms with E-state index in [1.165, 1.54) is 165 Å². The molecule has 0 spiro atoms. The monoisotopic (exact) mass is 664 g/mol. The molecule has 0 aliphatic carbocycles. The molecule has 272 valence electrons. The number of ether oxygens (including phenoxy) is 1. The first-order valence-corrected chi connectivity index (χ1v) is 21.5. The Kier molecular flexibility index (Phi) is 36.2. The molecule has 0 aromatic carbocycles. The zero-order chi connectivity index (χ0) is 33.8.